The van der Waals surface area contributed by atoms with Gasteiger partial charge in [0.1, 0.15) is 5.75 Å². The summed E-state index contributed by atoms with van der Waals surface area (Å²) in [5, 5.41) is 9.01. The average molecular weight is 266 g/mol. The fourth-order valence-corrected chi connectivity index (χ4v) is 2.17. The third kappa shape index (κ3) is 2.09. The first kappa shape index (κ1) is 12.5. The van der Waals surface area contributed by atoms with E-state index in [0.717, 1.165) is 12.5 Å². The second-order valence-corrected chi connectivity index (χ2v) is 4.77. The number of hydrogen-bond acceptors (Lipinski definition) is 2. The van der Waals surface area contributed by atoms with E-state index in [1.807, 2.05) is 0 Å². The molecule has 6 heteroatoms. The van der Waals surface area contributed by atoms with Gasteiger partial charge in [0, 0.05) is 5.54 Å². The normalized spacial score (nSPS) is 18.9. The molecule has 0 amide bonds. The number of rotatable bonds is 1. The maximum atomic E-state index is 12.7. The topological polar surface area (TPSA) is 46.2 Å². The summed E-state index contributed by atoms with van der Waals surface area (Å²) in [7, 11) is 0. The van der Waals surface area contributed by atoms with Crippen LogP contribution in [-0.4, -0.2) is 5.11 Å². The zero-order valence-corrected chi connectivity index (χ0v) is 9.57. The molecule has 17 heavy (non-hydrogen) atoms. The average Bonchev–Trinajstić information content (AvgIpc) is 2.16. The third-order valence-corrected chi connectivity index (χ3v) is 3.48. The standard InChI is InChI=1S/C11H11ClF3NO/c12-8-5-6(10(16)2-1-3-10)4-7(9(8)17)11(13,14)15/h4-5,17H,1-3,16H2. The van der Waals surface area contributed by atoms with Gasteiger partial charge in [-0.2, -0.15) is 13.2 Å². The third-order valence-electron chi connectivity index (χ3n) is 3.19. The Hall–Kier alpha value is -0.940. The lowest BCUT2D eigenvalue weighted by Crippen LogP contribution is -2.43. The number of phenols is 1. The van der Waals surface area contributed by atoms with Crippen LogP contribution in [0.15, 0.2) is 12.1 Å². The van der Waals surface area contributed by atoms with Gasteiger partial charge in [-0.15, -0.1) is 0 Å². The molecule has 1 aliphatic rings. The molecule has 0 atom stereocenters. The van der Waals surface area contributed by atoms with Crippen LogP contribution in [0.5, 0.6) is 5.75 Å². The number of phenolic OH excluding ortho intramolecular Hbond substituents is 1. The number of halogens is 4. The van der Waals surface area contributed by atoms with Crippen LogP contribution in [-0.2, 0) is 11.7 Å². The van der Waals surface area contributed by atoms with E-state index in [0.29, 0.717) is 18.4 Å². The van der Waals surface area contributed by atoms with Gasteiger partial charge in [-0.3, -0.25) is 0 Å². The molecule has 0 spiro atoms. The predicted molar refractivity (Wildman–Crippen MR) is 57.8 cm³/mol. The SMILES string of the molecule is NC1(c2cc(Cl)c(O)c(C(F)(F)F)c2)CCC1. The summed E-state index contributed by atoms with van der Waals surface area (Å²) in [4.78, 5) is 0. The molecule has 2 rings (SSSR count). The van der Waals surface area contributed by atoms with E-state index in [4.69, 9.17) is 17.3 Å². The highest BCUT2D eigenvalue weighted by atomic mass is 35.5. The second-order valence-electron chi connectivity index (χ2n) is 4.36. The number of hydrogen-bond donors (Lipinski definition) is 2. The van der Waals surface area contributed by atoms with Crippen molar-refractivity contribution in [1.82, 2.24) is 0 Å². The smallest absolute Gasteiger partial charge is 0.420 e. The first-order valence-electron chi connectivity index (χ1n) is 5.13. The summed E-state index contributed by atoms with van der Waals surface area (Å²) < 4.78 is 38.0. The Morgan fingerprint density at radius 3 is 2.29 bits per heavy atom. The first-order chi connectivity index (χ1) is 7.74. The Balaban J connectivity index is 2.54. The van der Waals surface area contributed by atoms with Crippen molar-refractivity contribution in [3.05, 3.63) is 28.3 Å². The minimum absolute atomic E-state index is 0.313. The van der Waals surface area contributed by atoms with E-state index in [2.05, 4.69) is 0 Å². The van der Waals surface area contributed by atoms with E-state index < -0.39 is 23.0 Å². The molecule has 0 aromatic heterocycles. The molecule has 3 N–H and O–H groups in total. The number of benzene rings is 1. The van der Waals surface area contributed by atoms with Crippen molar-refractivity contribution in [3.8, 4) is 5.75 Å². The molecule has 1 fully saturated rings. The van der Waals surface area contributed by atoms with E-state index in [1.54, 1.807) is 0 Å². The van der Waals surface area contributed by atoms with Gasteiger partial charge in [0.05, 0.1) is 10.6 Å². The van der Waals surface area contributed by atoms with Crippen molar-refractivity contribution in [2.75, 3.05) is 0 Å². The molecule has 0 radical (unpaired) electrons. The molecule has 0 heterocycles. The number of alkyl halides is 3. The maximum absolute atomic E-state index is 12.7. The van der Waals surface area contributed by atoms with Crippen LogP contribution in [0.3, 0.4) is 0 Å². The van der Waals surface area contributed by atoms with Gasteiger partial charge in [-0.25, -0.2) is 0 Å². The van der Waals surface area contributed by atoms with Crippen molar-refractivity contribution in [1.29, 1.82) is 0 Å². The van der Waals surface area contributed by atoms with Crippen LogP contribution < -0.4 is 5.73 Å². The first-order valence-corrected chi connectivity index (χ1v) is 5.51. The van der Waals surface area contributed by atoms with Gasteiger partial charge in [0.25, 0.3) is 0 Å². The predicted octanol–water partition coefficient (Wildman–Crippen LogP) is 3.40. The van der Waals surface area contributed by atoms with E-state index in [-0.39, 0.29) is 5.02 Å². The largest absolute Gasteiger partial charge is 0.506 e. The lowest BCUT2D eigenvalue weighted by Gasteiger charge is -2.39. The summed E-state index contributed by atoms with van der Waals surface area (Å²) in [6, 6.07) is 2.20. The van der Waals surface area contributed by atoms with Crippen LogP contribution in [0.25, 0.3) is 0 Å². The van der Waals surface area contributed by atoms with E-state index >= 15 is 0 Å². The molecule has 0 saturated heterocycles. The van der Waals surface area contributed by atoms with Crippen LogP contribution in [0.4, 0.5) is 13.2 Å². The minimum atomic E-state index is -4.64. The second kappa shape index (κ2) is 3.78. The van der Waals surface area contributed by atoms with Gasteiger partial charge in [-0.05, 0) is 37.0 Å². The lowest BCUT2D eigenvalue weighted by molar-refractivity contribution is -0.138. The van der Waals surface area contributed by atoms with E-state index in [1.165, 1.54) is 6.07 Å². The quantitative estimate of drug-likeness (QED) is 0.817. The van der Waals surface area contributed by atoms with Crippen LogP contribution in [0.2, 0.25) is 5.02 Å². The molecule has 94 valence electrons. The monoisotopic (exact) mass is 265 g/mol. The maximum Gasteiger partial charge on any atom is 0.420 e. The van der Waals surface area contributed by atoms with Crippen LogP contribution in [0, 0.1) is 0 Å². The van der Waals surface area contributed by atoms with Gasteiger partial charge in [0.2, 0.25) is 0 Å². The van der Waals surface area contributed by atoms with Crippen LogP contribution >= 0.6 is 11.6 Å². The van der Waals surface area contributed by atoms with Crippen molar-refractivity contribution in [2.24, 2.45) is 5.73 Å². The Morgan fingerprint density at radius 2 is 1.88 bits per heavy atom. The summed E-state index contributed by atoms with van der Waals surface area (Å²) >= 11 is 5.61. The summed E-state index contributed by atoms with van der Waals surface area (Å²) in [6.45, 7) is 0. The molecule has 1 aromatic rings. The lowest BCUT2D eigenvalue weighted by atomic mass is 9.72. The summed E-state index contributed by atoms with van der Waals surface area (Å²) in [5.74, 6) is -0.939. The highest BCUT2D eigenvalue weighted by molar-refractivity contribution is 6.32. The molecule has 2 nitrogen and oxygen atoms in total. The highest BCUT2D eigenvalue weighted by Crippen LogP contribution is 2.45. The molecule has 1 saturated carbocycles. The van der Waals surface area contributed by atoms with Crippen molar-refractivity contribution in [3.63, 3.8) is 0 Å². The minimum Gasteiger partial charge on any atom is -0.506 e. The summed E-state index contributed by atoms with van der Waals surface area (Å²) in [5.41, 5.74) is 4.41. The van der Waals surface area contributed by atoms with Crippen molar-refractivity contribution in [2.45, 2.75) is 31.0 Å². The zero-order chi connectivity index (χ0) is 12.8. The number of nitrogens with two attached hydrogens (primary N) is 1. The zero-order valence-electron chi connectivity index (χ0n) is 8.81. The fraction of sp³-hybridized carbons (Fsp3) is 0.455. The van der Waals surface area contributed by atoms with Crippen LogP contribution in [0.1, 0.15) is 30.4 Å². The van der Waals surface area contributed by atoms with Crippen molar-refractivity contribution < 1.29 is 18.3 Å². The highest BCUT2D eigenvalue weighted by Gasteiger charge is 2.40. The summed E-state index contributed by atoms with van der Waals surface area (Å²) in [6.07, 6.45) is -2.49. The fourth-order valence-electron chi connectivity index (χ4n) is 1.95. The van der Waals surface area contributed by atoms with E-state index in [9.17, 15) is 18.3 Å². The Labute approximate surface area is 101 Å². The Morgan fingerprint density at radius 1 is 1.29 bits per heavy atom. The van der Waals surface area contributed by atoms with Gasteiger partial charge in [-0.1, -0.05) is 11.6 Å². The number of aromatic hydroxyl groups is 1. The molecule has 0 bridgehead atoms. The molecule has 0 unspecified atom stereocenters. The van der Waals surface area contributed by atoms with Gasteiger partial charge < -0.3 is 10.8 Å². The Bertz CT molecular complexity index is 455. The molecular weight excluding hydrogens is 255 g/mol. The van der Waals surface area contributed by atoms with Crippen molar-refractivity contribution >= 4 is 11.6 Å². The van der Waals surface area contributed by atoms with Gasteiger partial charge in [0.15, 0.2) is 0 Å². The Kier molecular flexibility index (Phi) is 2.78. The van der Waals surface area contributed by atoms with Gasteiger partial charge >= 0.3 is 6.18 Å². The molecule has 1 aliphatic carbocycles. The molecule has 1 aromatic carbocycles. The molecular formula is C11H11ClF3NO. The molecule has 0 aliphatic heterocycles.